The lowest BCUT2D eigenvalue weighted by Crippen LogP contribution is -2.09. The Labute approximate surface area is 521 Å². The number of allylic oxidation sites excluding steroid dienone is 2. The molecule has 0 amide bonds. The maximum absolute atomic E-state index is 8.12. The Morgan fingerprint density at radius 1 is 0.568 bits per heavy atom. The van der Waals surface area contributed by atoms with Crippen molar-refractivity contribution in [1.29, 1.82) is 0 Å². The molecule has 2 aromatic carbocycles. The lowest BCUT2D eigenvalue weighted by Gasteiger charge is -2.12. The number of aryl methyl sites for hydroxylation is 13. The van der Waals surface area contributed by atoms with Crippen LogP contribution in [0, 0.1) is 48.5 Å². The van der Waals surface area contributed by atoms with Crippen LogP contribution in [0.15, 0.2) is 126 Å². The second-order valence-electron chi connectivity index (χ2n) is 19.1. The second-order valence-corrected chi connectivity index (χ2v) is 19.9. The average molecular weight is 1270 g/mol. The van der Waals surface area contributed by atoms with Crippen LogP contribution in [0.3, 0.4) is 0 Å². The highest BCUT2D eigenvalue weighted by Gasteiger charge is 2.18. The third kappa shape index (κ3) is 25.2. The molecule has 0 saturated heterocycles. The first-order valence-corrected chi connectivity index (χ1v) is 27.7. The Balaban J connectivity index is 0.000000491. The zero-order valence-electron chi connectivity index (χ0n) is 52.9. The summed E-state index contributed by atoms with van der Waals surface area (Å²) in [7, 11) is 15.8. The van der Waals surface area contributed by atoms with Crippen LogP contribution in [-0.2, 0) is 113 Å². The minimum absolute atomic E-state index is 0.250. The zero-order chi connectivity index (χ0) is 66.6. The van der Waals surface area contributed by atoms with Crippen LogP contribution in [-0.4, -0.2) is 113 Å². The number of aliphatic imine (C=N–C) groups is 1. The smallest absolute Gasteiger partial charge is 0.348 e. The Hall–Kier alpha value is -10.2. The third-order valence-corrected chi connectivity index (χ3v) is 14.1. The summed E-state index contributed by atoms with van der Waals surface area (Å²) in [5.74, 6) is 1.80. The van der Waals surface area contributed by atoms with Gasteiger partial charge in [-0.05, 0) is 118 Å². The van der Waals surface area contributed by atoms with Crippen molar-refractivity contribution in [2.75, 3.05) is 23.9 Å². The maximum Gasteiger partial charge on any atom is 0.373 e. The van der Waals surface area contributed by atoms with Gasteiger partial charge in [-0.1, -0.05) is 56.5 Å². The van der Waals surface area contributed by atoms with Crippen molar-refractivity contribution >= 4 is 69.3 Å². The van der Waals surface area contributed by atoms with Gasteiger partial charge in [-0.3, -0.25) is 23.7 Å². The third-order valence-electron chi connectivity index (χ3n) is 13.0. The van der Waals surface area contributed by atoms with E-state index in [1.165, 1.54) is 68.1 Å². The summed E-state index contributed by atoms with van der Waals surface area (Å²) in [6, 6.07) is 24.9. The molecule has 26 heteroatoms. The largest absolute Gasteiger partial charge is 0.373 e. The van der Waals surface area contributed by atoms with E-state index in [4.69, 9.17) is 38.4 Å². The van der Waals surface area contributed by atoms with Crippen molar-refractivity contribution in [3.05, 3.63) is 189 Å². The highest BCUT2D eigenvalue weighted by Crippen LogP contribution is 2.32. The lowest BCUT2D eigenvalue weighted by molar-refractivity contribution is -0.193. The van der Waals surface area contributed by atoms with Crippen molar-refractivity contribution in [3.8, 4) is 0 Å². The Bertz CT molecular complexity index is 3560. The molecule has 0 unspecified atom stereocenters. The van der Waals surface area contributed by atoms with Crippen LogP contribution >= 0.6 is 15.9 Å². The molecular formula is C62H78BrN17O8. The van der Waals surface area contributed by atoms with Gasteiger partial charge in [0.05, 0.1) is 52.1 Å². The molecule has 88 heavy (non-hydrogen) atoms. The maximum atomic E-state index is 8.12. The van der Waals surface area contributed by atoms with E-state index >= 15 is 0 Å². The SMILES string of the molecule is C=C1Cc2ccccc2N1C.C=C1Cc2ccccc2N1C.CCc1cc(C)n(C)n1.Cc1cc(C)n(C)n1.Cc1nc(C)n(C)n1.Cc1nn(C)c(C)c1Br.Cn1cnc2c1CN=CC2.Cn1cnc2cccnc21.O=C=O.O=C=O.O=C=O.O=C=O. The number of nitrogens with zero attached hydrogens (tertiary/aromatic N) is 17. The van der Waals surface area contributed by atoms with E-state index in [-0.39, 0.29) is 24.6 Å². The highest BCUT2D eigenvalue weighted by atomic mass is 79.9. The molecule has 0 atom stereocenters. The van der Waals surface area contributed by atoms with Crippen molar-refractivity contribution in [1.82, 2.24) is 68.2 Å². The normalized spacial score (nSPS) is 11.0. The number of para-hydroxylation sites is 2. The number of fused-ring (bicyclic) bond motifs is 4. The van der Waals surface area contributed by atoms with Crippen molar-refractivity contribution < 1.29 is 38.4 Å². The molecule has 0 aliphatic carbocycles. The van der Waals surface area contributed by atoms with E-state index in [2.05, 4.69) is 173 Å². The van der Waals surface area contributed by atoms with Crippen molar-refractivity contribution in [2.24, 2.45) is 47.3 Å². The molecule has 3 aliphatic heterocycles. The van der Waals surface area contributed by atoms with Crippen LogP contribution in [0.2, 0.25) is 0 Å². The molecule has 25 nitrogen and oxygen atoms in total. The number of hydrogen-bond acceptors (Lipinski definition) is 19. The minimum Gasteiger partial charge on any atom is -0.348 e. The highest BCUT2D eigenvalue weighted by molar-refractivity contribution is 9.10. The van der Waals surface area contributed by atoms with Crippen LogP contribution in [0.5, 0.6) is 0 Å². The monoisotopic (exact) mass is 1270 g/mol. The summed E-state index contributed by atoms with van der Waals surface area (Å²) < 4.78 is 12.4. The minimum atomic E-state index is 0.250. The van der Waals surface area contributed by atoms with E-state index in [0.29, 0.717) is 0 Å². The van der Waals surface area contributed by atoms with Crippen LogP contribution in [0.25, 0.3) is 11.2 Å². The van der Waals surface area contributed by atoms with Crippen LogP contribution in [0.1, 0.15) is 75.3 Å². The van der Waals surface area contributed by atoms with E-state index in [1.807, 2.05) is 132 Å². The summed E-state index contributed by atoms with van der Waals surface area (Å²) in [6.45, 7) is 24.8. The summed E-state index contributed by atoms with van der Waals surface area (Å²) in [6.07, 6.45) is 12.2. The molecule has 9 aromatic rings. The van der Waals surface area contributed by atoms with Gasteiger partial charge < -0.3 is 18.9 Å². The number of rotatable bonds is 1. The van der Waals surface area contributed by atoms with Gasteiger partial charge >= 0.3 is 24.6 Å². The lowest BCUT2D eigenvalue weighted by atomic mass is 10.2. The van der Waals surface area contributed by atoms with Crippen LogP contribution < -0.4 is 9.80 Å². The number of likely N-dealkylation sites (N-methyl/N-ethyl adjacent to an activating group) is 2. The molecule has 0 spiro atoms. The van der Waals surface area contributed by atoms with Gasteiger partial charge in [0.2, 0.25) is 0 Å². The Morgan fingerprint density at radius 3 is 1.40 bits per heavy atom. The van der Waals surface area contributed by atoms with Gasteiger partial charge in [0, 0.05) is 128 Å². The second kappa shape index (κ2) is 40.2. The first-order chi connectivity index (χ1) is 41.7. The molecule has 0 radical (unpaired) electrons. The summed E-state index contributed by atoms with van der Waals surface area (Å²) >= 11 is 3.42. The van der Waals surface area contributed by atoms with Gasteiger partial charge in [-0.25, -0.2) is 19.9 Å². The molecule has 7 aromatic heterocycles. The molecular weight excluding hydrogens is 1190 g/mol. The fourth-order valence-electron chi connectivity index (χ4n) is 8.05. The van der Waals surface area contributed by atoms with Gasteiger partial charge in [-0.15, -0.1) is 0 Å². The zero-order valence-corrected chi connectivity index (χ0v) is 54.5. The summed E-state index contributed by atoms with van der Waals surface area (Å²) in [5, 5.41) is 16.6. The number of imidazole rings is 2. The number of aromatic nitrogens is 14. The quantitative estimate of drug-likeness (QED) is 0.150. The van der Waals surface area contributed by atoms with E-state index in [1.54, 1.807) is 17.2 Å². The summed E-state index contributed by atoms with van der Waals surface area (Å²) in [4.78, 5) is 90.0. The predicted octanol–water partition coefficient (Wildman–Crippen LogP) is 8.13. The van der Waals surface area contributed by atoms with Gasteiger partial charge in [0.1, 0.15) is 17.2 Å². The molecule has 0 N–H and O–H groups in total. The van der Waals surface area contributed by atoms with E-state index in [0.717, 1.165) is 70.9 Å². The van der Waals surface area contributed by atoms with E-state index in [9.17, 15) is 0 Å². The number of anilines is 2. The first kappa shape index (κ1) is 75.8. The number of carbonyl (C=O) groups excluding carboxylic acids is 8. The Morgan fingerprint density at radius 2 is 1.07 bits per heavy atom. The Kier molecular flexibility index (Phi) is 34.6. The van der Waals surface area contributed by atoms with Crippen molar-refractivity contribution in [3.63, 3.8) is 0 Å². The number of pyridine rings is 1. The molecule has 3 aliphatic rings. The fourth-order valence-corrected chi connectivity index (χ4v) is 8.39. The average Bonchev–Trinajstić information content (AvgIpc) is 3.67. The molecule has 0 saturated carbocycles. The van der Waals surface area contributed by atoms with E-state index < -0.39 is 0 Å². The number of hydrogen-bond donors (Lipinski definition) is 0. The molecule has 12 rings (SSSR count). The molecule has 10 heterocycles. The van der Waals surface area contributed by atoms with Gasteiger partial charge in [-0.2, -0.15) is 58.8 Å². The standard InChI is InChI=1S/2C10H11N.C7H9N3.C7H7N3.C7H12N2.C6H9BrN2.C6H10N2.C5H9N3.4CO2/c2*1-8-7-9-5-3-4-6-10(9)11(8)2;1-10-5-9-6-2-3-8-4-7(6)10;1-10-5-9-6-3-2-4-8-7(6)10;1-4-7-5-6(2)9(3)8-7;1-4-6(7)5(2)9(3)8-4;1-5-4-6(2)8(3)7-5;1-4-6-5(2)8(3)7-4;4*2-1-3/h2*3-6H,1,7H2,2H3;3,5H,2,4H2,1H3;2-5H,1H3;5H,4H2,1-3H3;1-3H3;4H,1-3H3;1-3H3;;;;. The number of benzene rings is 2. The topological polar surface area (TPSA) is 288 Å². The number of halogens is 1. The van der Waals surface area contributed by atoms with Gasteiger partial charge in [0.25, 0.3) is 0 Å². The summed E-state index contributed by atoms with van der Waals surface area (Å²) in [5.41, 5.74) is 19.0. The first-order valence-electron chi connectivity index (χ1n) is 26.9. The predicted molar refractivity (Wildman–Crippen MR) is 334 cm³/mol. The molecule has 466 valence electrons. The van der Waals surface area contributed by atoms with Gasteiger partial charge in [0.15, 0.2) is 5.65 Å². The molecule has 0 fully saturated rings. The van der Waals surface area contributed by atoms with Crippen molar-refractivity contribution in [2.45, 2.75) is 87.6 Å². The van der Waals surface area contributed by atoms with Crippen LogP contribution in [0.4, 0.5) is 11.4 Å². The molecule has 0 bridgehead atoms. The fraction of sp³-hybridized carbons (Fsp3) is 0.339.